The van der Waals surface area contributed by atoms with Gasteiger partial charge in [0.2, 0.25) is 0 Å². The van der Waals surface area contributed by atoms with Gasteiger partial charge in [0.15, 0.2) is 17.7 Å². The first-order valence-corrected chi connectivity index (χ1v) is 9.80. The van der Waals surface area contributed by atoms with E-state index in [0.717, 1.165) is 17.7 Å². The Morgan fingerprint density at radius 1 is 1.27 bits per heavy atom. The topological polar surface area (TPSA) is 127 Å². The summed E-state index contributed by atoms with van der Waals surface area (Å²) in [6, 6.07) is 7.82. The third-order valence-electron chi connectivity index (χ3n) is 5.61. The highest BCUT2D eigenvalue weighted by Crippen LogP contribution is 2.37. The van der Waals surface area contributed by atoms with Gasteiger partial charge in [0, 0.05) is 19.1 Å². The molecule has 10 heteroatoms. The van der Waals surface area contributed by atoms with Crippen LogP contribution in [0.3, 0.4) is 0 Å². The Hall–Kier alpha value is -2.79. The van der Waals surface area contributed by atoms with Gasteiger partial charge in [-0.1, -0.05) is 18.2 Å². The van der Waals surface area contributed by atoms with Crippen molar-refractivity contribution in [3.8, 4) is 5.75 Å². The minimum atomic E-state index is -0.883. The predicted molar refractivity (Wildman–Crippen MR) is 106 cm³/mol. The fourth-order valence-corrected chi connectivity index (χ4v) is 4.08. The number of hydrogen-bond donors (Lipinski definition) is 2. The third-order valence-corrected chi connectivity index (χ3v) is 5.61. The molecule has 5 atom stereocenters. The Balaban J connectivity index is 1.35. The molecule has 0 spiro atoms. The first-order valence-electron chi connectivity index (χ1n) is 9.80. The van der Waals surface area contributed by atoms with Gasteiger partial charge in [-0.3, -0.25) is 4.57 Å². The van der Waals surface area contributed by atoms with E-state index >= 15 is 0 Å². The van der Waals surface area contributed by atoms with Crippen LogP contribution in [0.1, 0.15) is 24.3 Å². The number of imidazole rings is 1. The lowest BCUT2D eigenvalue weighted by Crippen LogP contribution is -2.35. The van der Waals surface area contributed by atoms with E-state index in [1.54, 1.807) is 10.9 Å². The van der Waals surface area contributed by atoms with E-state index < -0.39 is 24.5 Å². The molecular weight excluding hydrogens is 390 g/mol. The van der Waals surface area contributed by atoms with Crippen molar-refractivity contribution in [3.05, 3.63) is 42.5 Å². The molecule has 0 amide bonds. The molecule has 2 aromatic heterocycles. The standard InChI is InChI=1S/C20H23N5O5/c1-27-17-16(26)14(8-29-13-6-7-28-12-5-3-2-4-11(12)13)30-20(17)25-10-24-15-18(21)22-9-23-19(15)25/h2-5,9-10,13-14,16-17,20,26H,6-8H2,1H3,(H2,21,22,23)/t13?,14-,16-,17-,20-/m1/s1. The number of anilines is 1. The number of methoxy groups -OCH3 is 1. The molecule has 10 nitrogen and oxygen atoms in total. The molecule has 3 N–H and O–H groups in total. The van der Waals surface area contributed by atoms with Crippen LogP contribution in [0.2, 0.25) is 0 Å². The smallest absolute Gasteiger partial charge is 0.167 e. The summed E-state index contributed by atoms with van der Waals surface area (Å²) in [6.07, 6.45) is 0.850. The van der Waals surface area contributed by atoms with Gasteiger partial charge in [-0.25, -0.2) is 15.0 Å². The molecule has 0 saturated carbocycles. The summed E-state index contributed by atoms with van der Waals surface area (Å²) < 4.78 is 25.2. The molecule has 0 bridgehead atoms. The summed E-state index contributed by atoms with van der Waals surface area (Å²) in [6.45, 7) is 0.793. The first-order chi connectivity index (χ1) is 14.7. The van der Waals surface area contributed by atoms with Crippen molar-refractivity contribution in [2.24, 2.45) is 0 Å². The predicted octanol–water partition coefficient (Wildman–Crippen LogP) is 1.22. The zero-order valence-corrected chi connectivity index (χ0v) is 16.4. The van der Waals surface area contributed by atoms with Crippen LogP contribution in [0, 0.1) is 0 Å². The molecule has 3 aromatic rings. The summed E-state index contributed by atoms with van der Waals surface area (Å²) >= 11 is 0. The second kappa shape index (κ2) is 7.80. The highest BCUT2D eigenvalue weighted by molar-refractivity contribution is 5.81. The number of fused-ring (bicyclic) bond motifs is 2. The zero-order valence-electron chi connectivity index (χ0n) is 16.4. The average molecular weight is 413 g/mol. The molecule has 158 valence electrons. The van der Waals surface area contributed by atoms with Crippen LogP contribution >= 0.6 is 0 Å². The number of aliphatic hydroxyl groups excluding tert-OH is 1. The fraction of sp³-hybridized carbons (Fsp3) is 0.450. The van der Waals surface area contributed by atoms with Crippen molar-refractivity contribution in [1.29, 1.82) is 0 Å². The van der Waals surface area contributed by atoms with Gasteiger partial charge >= 0.3 is 0 Å². The lowest BCUT2D eigenvalue weighted by molar-refractivity contribution is -0.0878. The van der Waals surface area contributed by atoms with Crippen LogP contribution in [0.15, 0.2) is 36.9 Å². The number of nitrogen functional groups attached to an aromatic ring is 1. The molecule has 2 aliphatic rings. The maximum Gasteiger partial charge on any atom is 0.167 e. The number of nitrogens with two attached hydrogens (primary N) is 1. The normalized spacial score (nSPS) is 28.4. The highest BCUT2D eigenvalue weighted by Gasteiger charge is 2.46. The molecule has 4 heterocycles. The molecule has 5 rings (SSSR count). The molecule has 1 fully saturated rings. The zero-order chi connectivity index (χ0) is 20.7. The first kappa shape index (κ1) is 19.2. The number of rotatable bonds is 5. The second-order valence-corrected chi connectivity index (χ2v) is 7.34. The number of ether oxygens (including phenoxy) is 4. The monoisotopic (exact) mass is 413 g/mol. The van der Waals surface area contributed by atoms with Gasteiger partial charge in [-0.15, -0.1) is 0 Å². The minimum Gasteiger partial charge on any atom is -0.493 e. The molecule has 2 aliphatic heterocycles. The Labute approximate surface area is 172 Å². The largest absolute Gasteiger partial charge is 0.493 e. The molecule has 1 aromatic carbocycles. The number of benzene rings is 1. The number of hydrogen-bond acceptors (Lipinski definition) is 9. The van der Waals surface area contributed by atoms with Crippen LogP contribution in [-0.2, 0) is 14.2 Å². The van der Waals surface area contributed by atoms with Gasteiger partial charge < -0.3 is 29.8 Å². The number of para-hydroxylation sites is 1. The Morgan fingerprint density at radius 3 is 3.00 bits per heavy atom. The fourth-order valence-electron chi connectivity index (χ4n) is 4.08. The summed E-state index contributed by atoms with van der Waals surface area (Å²) in [7, 11) is 1.53. The van der Waals surface area contributed by atoms with Crippen molar-refractivity contribution in [2.45, 2.75) is 37.1 Å². The number of nitrogens with zero attached hydrogens (tertiary/aromatic N) is 4. The van der Waals surface area contributed by atoms with Crippen LogP contribution in [-0.4, -0.2) is 63.3 Å². The Kier molecular flexibility index (Phi) is 4.99. The van der Waals surface area contributed by atoms with Gasteiger partial charge in [0.25, 0.3) is 0 Å². The number of aliphatic hydroxyl groups is 1. The molecular formula is C20H23N5O5. The van der Waals surface area contributed by atoms with Gasteiger partial charge in [0.1, 0.15) is 35.9 Å². The third kappa shape index (κ3) is 3.18. The van der Waals surface area contributed by atoms with Crippen LogP contribution < -0.4 is 10.5 Å². The van der Waals surface area contributed by atoms with Crippen LogP contribution in [0.25, 0.3) is 11.2 Å². The van der Waals surface area contributed by atoms with Gasteiger partial charge in [-0.2, -0.15) is 0 Å². The number of aromatic nitrogens is 4. The van der Waals surface area contributed by atoms with E-state index in [-0.39, 0.29) is 18.5 Å². The molecule has 0 aliphatic carbocycles. The molecule has 1 unspecified atom stereocenters. The van der Waals surface area contributed by atoms with Crippen LogP contribution in [0.4, 0.5) is 5.82 Å². The summed E-state index contributed by atoms with van der Waals surface area (Å²) in [5, 5.41) is 10.8. The SMILES string of the molecule is CO[C@@H]1[C@H](O)[C@@H](COC2CCOc3ccccc32)O[C@H]1n1cnc2c(N)ncnc21. The maximum atomic E-state index is 10.8. The highest BCUT2D eigenvalue weighted by atomic mass is 16.6. The summed E-state index contributed by atoms with van der Waals surface area (Å²) in [5.41, 5.74) is 7.88. The minimum absolute atomic E-state index is 0.118. The van der Waals surface area contributed by atoms with Crippen molar-refractivity contribution in [2.75, 3.05) is 26.1 Å². The quantitative estimate of drug-likeness (QED) is 0.635. The Bertz CT molecular complexity index is 1040. The Morgan fingerprint density at radius 2 is 2.13 bits per heavy atom. The van der Waals surface area contributed by atoms with E-state index in [0.29, 0.717) is 17.8 Å². The molecule has 1 saturated heterocycles. The van der Waals surface area contributed by atoms with E-state index in [1.165, 1.54) is 13.4 Å². The molecule has 30 heavy (non-hydrogen) atoms. The van der Waals surface area contributed by atoms with Crippen molar-refractivity contribution >= 4 is 17.0 Å². The lowest BCUT2D eigenvalue weighted by atomic mass is 10.0. The van der Waals surface area contributed by atoms with Crippen molar-refractivity contribution in [3.63, 3.8) is 0 Å². The second-order valence-electron chi connectivity index (χ2n) is 7.34. The maximum absolute atomic E-state index is 10.8. The van der Waals surface area contributed by atoms with Crippen molar-refractivity contribution in [1.82, 2.24) is 19.5 Å². The summed E-state index contributed by atoms with van der Waals surface area (Å²) in [4.78, 5) is 12.5. The van der Waals surface area contributed by atoms with Gasteiger partial charge in [-0.05, 0) is 6.07 Å². The van der Waals surface area contributed by atoms with Gasteiger partial charge in [0.05, 0.1) is 25.6 Å². The van der Waals surface area contributed by atoms with E-state index in [4.69, 9.17) is 24.7 Å². The van der Waals surface area contributed by atoms with E-state index in [9.17, 15) is 5.11 Å². The molecule has 0 radical (unpaired) electrons. The lowest BCUT2D eigenvalue weighted by Gasteiger charge is -2.27. The summed E-state index contributed by atoms with van der Waals surface area (Å²) in [5.74, 6) is 1.11. The van der Waals surface area contributed by atoms with Crippen molar-refractivity contribution < 1.29 is 24.1 Å². The van der Waals surface area contributed by atoms with Crippen LogP contribution in [0.5, 0.6) is 5.75 Å². The van der Waals surface area contributed by atoms with E-state index in [1.807, 2.05) is 24.3 Å². The van der Waals surface area contributed by atoms with E-state index in [2.05, 4.69) is 15.0 Å². The average Bonchev–Trinajstić information content (AvgIpc) is 3.33.